The number of hydrogen-bond donors (Lipinski definition) is 2. The van der Waals surface area contributed by atoms with E-state index in [1.165, 1.54) is 0 Å². The highest BCUT2D eigenvalue weighted by Gasteiger charge is 2.04. The van der Waals surface area contributed by atoms with E-state index in [-0.39, 0.29) is 6.61 Å². The summed E-state index contributed by atoms with van der Waals surface area (Å²) >= 11 is 0. The zero-order valence-electron chi connectivity index (χ0n) is 9.40. The molecule has 0 aliphatic rings. The van der Waals surface area contributed by atoms with E-state index < -0.39 is 0 Å². The molecular formula is C11H19N3O. The maximum Gasteiger partial charge on any atom is 0.127 e. The lowest BCUT2D eigenvalue weighted by Crippen LogP contribution is -2.26. The Bertz CT molecular complexity index is 291. The molecule has 1 rings (SSSR count). The van der Waals surface area contributed by atoms with Crippen molar-refractivity contribution in [1.82, 2.24) is 4.98 Å². The number of hydrogen-bond acceptors (Lipinski definition) is 4. The molecule has 0 aliphatic carbocycles. The monoisotopic (exact) mass is 209 g/mol. The van der Waals surface area contributed by atoms with E-state index in [2.05, 4.69) is 22.1 Å². The average molecular weight is 209 g/mol. The standard InChI is InChI=1S/C11H19N3O/c1-3-12-11-9-10(5-6-13-11)14(4-2)7-8-15/h5-6,9,15H,3-4,7-8H2,1-2H3,(H,12,13). The number of aliphatic hydroxyl groups excluding tert-OH is 1. The van der Waals surface area contributed by atoms with Crippen molar-refractivity contribution in [3.05, 3.63) is 18.3 Å². The molecule has 0 radical (unpaired) electrons. The molecule has 4 heteroatoms. The summed E-state index contributed by atoms with van der Waals surface area (Å²) in [5.74, 6) is 0.881. The fourth-order valence-corrected chi connectivity index (χ4v) is 1.48. The van der Waals surface area contributed by atoms with Crippen molar-refractivity contribution in [2.45, 2.75) is 13.8 Å². The molecule has 0 saturated heterocycles. The molecule has 4 nitrogen and oxygen atoms in total. The molecule has 0 saturated carbocycles. The van der Waals surface area contributed by atoms with Crippen LogP contribution in [0.15, 0.2) is 18.3 Å². The molecule has 0 spiro atoms. The van der Waals surface area contributed by atoms with Gasteiger partial charge in [0.15, 0.2) is 0 Å². The van der Waals surface area contributed by atoms with Crippen molar-refractivity contribution in [3.8, 4) is 0 Å². The number of aromatic nitrogens is 1. The van der Waals surface area contributed by atoms with Crippen LogP contribution >= 0.6 is 0 Å². The smallest absolute Gasteiger partial charge is 0.127 e. The third kappa shape index (κ3) is 3.40. The number of rotatable bonds is 6. The lowest BCUT2D eigenvalue weighted by Gasteiger charge is -2.22. The molecule has 0 unspecified atom stereocenters. The Kier molecular flexibility index (Phi) is 4.90. The molecule has 1 heterocycles. The first-order chi connectivity index (χ1) is 7.31. The molecule has 0 fully saturated rings. The van der Waals surface area contributed by atoms with Gasteiger partial charge in [0.25, 0.3) is 0 Å². The zero-order valence-corrected chi connectivity index (χ0v) is 9.40. The first kappa shape index (κ1) is 11.8. The molecule has 2 N–H and O–H groups in total. The second-order valence-corrected chi connectivity index (χ2v) is 3.23. The molecule has 15 heavy (non-hydrogen) atoms. The third-order valence-corrected chi connectivity index (χ3v) is 2.22. The molecule has 0 atom stereocenters. The van der Waals surface area contributed by atoms with Crippen LogP contribution in [0.2, 0.25) is 0 Å². The summed E-state index contributed by atoms with van der Waals surface area (Å²) in [6, 6.07) is 3.96. The van der Waals surface area contributed by atoms with Gasteiger partial charge in [0.1, 0.15) is 5.82 Å². The minimum atomic E-state index is 0.173. The number of nitrogens with one attached hydrogen (secondary N) is 1. The topological polar surface area (TPSA) is 48.4 Å². The minimum absolute atomic E-state index is 0.173. The Hall–Kier alpha value is -1.29. The van der Waals surface area contributed by atoms with E-state index in [4.69, 9.17) is 5.11 Å². The van der Waals surface area contributed by atoms with Crippen LogP contribution < -0.4 is 10.2 Å². The summed E-state index contributed by atoms with van der Waals surface area (Å²) in [6.45, 7) is 6.69. The quantitative estimate of drug-likeness (QED) is 0.742. The molecule has 84 valence electrons. The predicted molar refractivity (Wildman–Crippen MR) is 63.4 cm³/mol. The molecule has 1 aromatic rings. The van der Waals surface area contributed by atoms with Crippen LogP contribution in [0.1, 0.15) is 13.8 Å². The van der Waals surface area contributed by atoms with E-state index in [1.54, 1.807) is 6.20 Å². The van der Waals surface area contributed by atoms with Gasteiger partial charge in [0.05, 0.1) is 6.61 Å². The van der Waals surface area contributed by atoms with Crippen LogP contribution in [-0.2, 0) is 0 Å². The number of nitrogens with zero attached hydrogens (tertiary/aromatic N) is 2. The van der Waals surface area contributed by atoms with Crippen LogP contribution in [0, 0.1) is 0 Å². The van der Waals surface area contributed by atoms with E-state index >= 15 is 0 Å². The maximum absolute atomic E-state index is 8.93. The fourth-order valence-electron chi connectivity index (χ4n) is 1.48. The third-order valence-electron chi connectivity index (χ3n) is 2.22. The van der Waals surface area contributed by atoms with Gasteiger partial charge < -0.3 is 15.3 Å². The second-order valence-electron chi connectivity index (χ2n) is 3.23. The second kappa shape index (κ2) is 6.24. The largest absolute Gasteiger partial charge is 0.395 e. The Morgan fingerprint density at radius 1 is 1.47 bits per heavy atom. The fraction of sp³-hybridized carbons (Fsp3) is 0.545. The normalized spacial score (nSPS) is 10.1. The van der Waals surface area contributed by atoms with E-state index in [9.17, 15) is 0 Å². The summed E-state index contributed by atoms with van der Waals surface area (Å²) in [6.07, 6.45) is 1.79. The molecule has 1 aromatic heterocycles. The zero-order chi connectivity index (χ0) is 11.1. The van der Waals surface area contributed by atoms with Gasteiger partial charge in [-0.05, 0) is 19.9 Å². The van der Waals surface area contributed by atoms with Crippen molar-refractivity contribution < 1.29 is 5.11 Å². The van der Waals surface area contributed by atoms with Gasteiger partial charge in [-0.1, -0.05) is 0 Å². The van der Waals surface area contributed by atoms with Gasteiger partial charge >= 0.3 is 0 Å². The van der Waals surface area contributed by atoms with Crippen LogP contribution in [0.4, 0.5) is 11.5 Å². The lowest BCUT2D eigenvalue weighted by molar-refractivity contribution is 0.302. The molecular weight excluding hydrogens is 190 g/mol. The van der Waals surface area contributed by atoms with Crippen molar-refractivity contribution in [2.24, 2.45) is 0 Å². The first-order valence-corrected chi connectivity index (χ1v) is 5.37. The Balaban J connectivity index is 2.77. The van der Waals surface area contributed by atoms with Gasteiger partial charge in [-0.3, -0.25) is 0 Å². The van der Waals surface area contributed by atoms with Gasteiger partial charge in [0.2, 0.25) is 0 Å². The maximum atomic E-state index is 8.93. The number of aliphatic hydroxyl groups is 1. The number of likely N-dealkylation sites (N-methyl/N-ethyl adjacent to an activating group) is 1. The van der Waals surface area contributed by atoms with Crippen LogP contribution in [0.25, 0.3) is 0 Å². The van der Waals surface area contributed by atoms with E-state index in [0.29, 0.717) is 6.54 Å². The summed E-state index contributed by atoms with van der Waals surface area (Å²) in [5, 5.41) is 12.1. The van der Waals surface area contributed by atoms with Crippen molar-refractivity contribution in [2.75, 3.05) is 36.5 Å². The SMILES string of the molecule is CCNc1cc(N(CC)CCO)ccn1. The van der Waals surface area contributed by atoms with Gasteiger partial charge in [0, 0.05) is 37.6 Å². The number of pyridine rings is 1. The van der Waals surface area contributed by atoms with Crippen molar-refractivity contribution in [3.63, 3.8) is 0 Å². The Morgan fingerprint density at radius 3 is 2.87 bits per heavy atom. The van der Waals surface area contributed by atoms with Crippen LogP contribution in [0.3, 0.4) is 0 Å². The molecule has 0 bridgehead atoms. The van der Waals surface area contributed by atoms with Gasteiger partial charge in [-0.25, -0.2) is 4.98 Å². The highest BCUT2D eigenvalue weighted by Crippen LogP contribution is 2.16. The van der Waals surface area contributed by atoms with Crippen LogP contribution in [0.5, 0.6) is 0 Å². The minimum Gasteiger partial charge on any atom is -0.395 e. The van der Waals surface area contributed by atoms with E-state index in [0.717, 1.165) is 24.6 Å². The summed E-state index contributed by atoms with van der Waals surface area (Å²) in [4.78, 5) is 6.32. The molecule has 0 amide bonds. The summed E-state index contributed by atoms with van der Waals surface area (Å²) in [5.41, 5.74) is 1.09. The predicted octanol–water partition coefficient (Wildman–Crippen LogP) is 1.33. The van der Waals surface area contributed by atoms with Crippen molar-refractivity contribution >= 4 is 11.5 Å². The Morgan fingerprint density at radius 2 is 2.27 bits per heavy atom. The molecule has 0 aromatic carbocycles. The molecule has 0 aliphatic heterocycles. The summed E-state index contributed by atoms with van der Waals surface area (Å²) < 4.78 is 0. The first-order valence-electron chi connectivity index (χ1n) is 5.37. The van der Waals surface area contributed by atoms with Crippen LogP contribution in [-0.4, -0.2) is 36.3 Å². The number of anilines is 2. The van der Waals surface area contributed by atoms with Gasteiger partial charge in [-0.15, -0.1) is 0 Å². The highest BCUT2D eigenvalue weighted by atomic mass is 16.3. The summed E-state index contributed by atoms with van der Waals surface area (Å²) in [7, 11) is 0. The average Bonchev–Trinajstić information content (AvgIpc) is 2.27. The Labute approximate surface area is 90.9 Å². The van der Waals surface area contributed by atoms with E-state index in [1.807, 2.05) is 19.1 Å². The highest BCUT2D eigenvalue weighted by molar-refractivity contribution is 5.53. The van der Waals surface area contributed by atoms with Crippen molar-refractivity contribution in [1.29, 1.82) is 0 Å². The lowest BCUT2D eigenvalue weighted by atomic mass is 10.3. The van der Waals surface area contributed by atoms with Gasteiger partial charge in [-0.2, -0.15) is 0 Å².